The molecule has 4 nitrogen and oxygen atoms in total. The van der Waals surface area contributed by atoms with Gasteiger partial charge in [0.2, 0.25) is 5.91 Å². The van der Waals surface area contributed by atoms with Crippen LogP contribution in [0.5, 0.6) is 0 Å². The van der Waals surface area contributed by atoms with Gasteiger partial charge in [-0.3, -0.25) is 4.79 Å². The van der Waals surface area contributed by atoms with Gasteiger partial charge in [0.1, 0.15) is 0 Å². The SMILES string of the molecule is CC(C)(O)CNC(=O)C1CNc2ccccc21. The molecule has 92 valence electrons. The molecule has 0 fully saturated rings. The number of anilines is 1. The lowest BCUT2D eigenvalue weighted by atomic mass is 10.00. The summed E-state index contributed by atoms with van der Waals surface area (Å²) in [4.78, 5) is 12.0. The van der Waals surface area contributed by atoms with Crippen molar-refractivity contribution in [2.45, 2.75) is 25.4 Å². The number of hydrogen-bond donors (Lipinski definition) is 3. The van der Waals surface area contributed by atoms with E-state index in [0.717, 1.165) is 11.3 Å². The molecule has 0 aromatic heterocycles. The Kier molecular flexibility index (Phi) is 3.07. The van der Waals surface area contributed by atoms with E-state index < -0.39 is 5.60 Å². The molecule has 17 heavy (non-hydrogen) atoms. The molecular formula is C13H18N2O2. The zero-order chi connectivity index (χ0) is 12.5. The van der Waals surface area contributed by atoms with Crippen molar-refractivity contribution in [1.29, 1.82) is 0 Å². The maximum Gasteiger partial charge on any atom is 0.229 e. The molecule has 0 radical (unpaired) electrons. The minimum absolute atomic E-state index is 0.0374. The van der Waals surface area contributed by atoms with Crippen LogP contribution in [0.4, 0.5) is 5.69 Å². The van der Waals surface area contributed by atoms with Crippen LogP contribution in [0.2, 0.25) is 0 Å². The van der Waals surface area contributed by atoms with E-state index in [9.17, 15) is 9.90 Å². The predicted molar refractivity (Wildman–Crippen MR) is 67.0 cm³/mol. The van der Waals surface area contributed by atoms with E-state index in [0.29, 0.717) is 6.54 Å². The third-order valence-corrected chi connectivity index (χ3v) is 2.84. The number of fused-ring (bicyclic) bond motifs is 1. The van der Waals surface area contributed by atoms with Crippen LogP contribution in [0.15, 0.2) is 24.3 Å². The van der Waals surface area contributed by atoms with Gasteiger partial charge in [0, 0.05) is 18.8 Å². The number of amides is 1. The molecule has 1 aliphatic rings. The Labute approximate surface area is 101 Å². The molecule has 0 aliphatic carbocycles. The van der Waals surface area contributed by atoms with Crippen LogP contribution in [-0.4, -0.2) is 29.7 Å². The Balaban J connectivity index is 2.03. The highest BCUT2D eigenvalue weighted by atomic mass is 16.3. The Morgan fingerprint density at radius 2 is 2.24 bits per heavy atom. The zero-order valence-corrected chi connectivity index (χ0v) is 10.2. The van der Waals surface area contributed by atoms with Crippen LogP contribution in [0.25, 0.3) is 0 Å². The molecule has 3 N–H and O–H groups in total. The van der Waals surface area contributed by atoms with E-state index in [1.807, 2.05) is 24.3 Å². The number of nitrogens with one attached hydrogen (secondary N) is 2. The second-order valence-electron chi connectivity index (χ2n) is 5.05. The number of hydrogen-bond acceptors (Lipinski definition) is 3. The van der Waals surface area contributed by atoms with Crippen molar-refractivity contribution >= 4 is 11.6 Å². The molecule has 2 rings (SSSR count). The largest absolute Gasteiger partial charge is 0.389 e. The van der Waals surface area contributed by atoms with E-state index in [-0.39, 0.29) is 18.4 Å². The summed E-state index contributed by atoms with van der Waals surface area (Å²) in [5, 5.41) is 15.6. The number of aliphatic hydroxyl groups is 1. The van der Waals surface area contributed by atoms with Crippen molar-refractivity contribution in [1.82, 2.24) is 5.32 Å². The van der Waals surface area contributed by atoms with E-state index >= 15 is 0 Å². The summed E-state index contributed by atoms with van der Waals surface area (Å²) in [5.41, 5.74) is 1.18. The van der Waals surface area contributed by atoms with E-state index in [4.69, 9.17) is 0 Å². The number of para-hydroxylation sites is 1. The highest BCUT2D eigenvalue weighted by Gasteiger charge is 2.28. The minimum Gasteiger partial charge on any atom is -0.389 e. The van der Waals surface area contributed by atoms with Crippen molar-refractivity contribution in [3.8, 4) is 0 Å². The van der Waals surface area contributed by atoms with Gasteiger partial charge in [-0.25, -0.2) is 0 Å². The minimum atomic E-state index is -0.874. The van der Waals surface area contributed by atoms with Crippen molar-refractivity contribution in [2.75, 3.05) is 18.4 Å². The van der Waals surface area contributed by atoms with Gasteiger partial charge < -0.3 is 15.7 Å². The Morgan fingerprint density at radius 1 is 1.53 bits per heavy atom. The molecule has 0 saturated heterocycles. The topological polar surface area (TPSA) is 61.4 Å². The van der Waals surface area contributed by atoms with E-state index in [1.54, 1.807) is 13.8 Å². The van der Waals surface area contributed by atoms with Crippen LogP contribution in [0.1, 0.15) is 25.3 Å². The fourth-order valence-corrected chi connectivity index (χ4v) is 1.94. The van der Waals surface area contributed by atoms with Crippen LogP contribution in [0, 0.1) is 0 Å². The van der Waals surface area contributed by atoms with Crippen LogP contribution in [-0.2, 0) is 4.79 Å². The number of carbonyl (C=O) groups is 1. The maximum atomic E-state index is 12.0. The molecule has 1 unspecified atom stereocenters. The fourth-order valence-electron chi connectivity index (χ4n) is 1.94. The normalized spacial score (nSPS) is 18.4. The Bertz CT molecular complexity index is 424. The molecule has 4 heteroatoms. The molecule has 0 bridgehead atoms. The smallest absolute Gasteiger partial charge is 0.229 e. The molecule has 1 aromatic rings. The average molecular weight is 234 g/mol. The number of carbonyl (C=O) groups excluding carboxylic acids is 1. The van der Waals surface area contributed by atoms with Gasteiger partial charge in [-0.05, 0) is 25.5 Å². The molecule has 1 heterocycles. The van der Waals surface area contributed by atoms with Crippen LogP contribution >= 0.6 is 0 Å². The average Bonchev–Trinajstić information content (AvgIpc) is 2.68. The summed E-state index contributed by atoms with van der Waals surface area (Å²) in [6.07, 6.45) is 0. The first-order valence-electron chi connectivity index (χ1n) is 5.80. The maximum absolute atomic E-state index is 12.0. The molecule has 1 aromatic carbocycles. The van der Waals surface area contributed by atoms with Gasteiger partial charge in [-0.15, -0.1) is 0 Å². The van der Waals surface area contributed by atoms with E-state index in [1.165, 1.54) is 0 Å². The summed E-state index contributed by atoms with van der Waals surface area (Å²) in [6.45, 7) is 4.24. The van der Waals surface area contributed by atoms with Crippen LogP contribution in [0.3, 0.4) is 0 Å². The first-order valence-corrected chi connectivity index (χ1v) is 5.80. The lowest BCUT2D eigenvalue weighted by Gasteiger charge is -2.19. The molecule has 1 aliphatic heterocycles. The van der Waals surface area contributed by atoms with Gasteiger partial charge in [0.15, 0.2) is 0 Å². The molecule has 1 atom stereocenters. The second kappa shape index (κ2) is 4.37. The first-order chi connectivity index (χ1) is 7.97. The third-order valence-electron chi connectivity index (χ3n) is 2.84. The molecular weight excluding hydrogens is 216 g/mol. The summed E-state index contributed by atoms with van der Waals surface area (Å²) in [5.74, 6) is -0.196. The van der Waals surface area contributed by atoms with Gasteiger partial charge in [0.05, 0.1) is 11.5 Å². The highest BCUT2D eigenvalue weighted by molar-refractivity contribution is 5.88. The molecule has 0 saturated carbocycles. The van der Waals surface area contributed by atoms with Gasteiger partial charge in [-0.1, -0.05) is 18.2 Å². The van der Waals surface area contributed by atoms with Crippen molar-refractivity contribution in [2.24, 2.45) is 0 Å². The first kappa shape index (κ1) is 11.9. The quantitative estimate of drug-likeness (QED) is 0.733. The van der Waals surface area contributed by atoms with Gasteiger partial charge >= 0.3 is 0 Å². The fraction of sp³-hybridized carbons (Fsp3) is 0.462. The van der Waals surface area contributed by atoms with Gasteiger partial charge in [0.25, 0.3) is 0 Å². The zero-order valence-electron chi connectivity index (χ0n) is 10.2. The number of benzene rings is 1. The standard InChI is InChI=1S/C13H18N2O2/c1-13(2,17)8-15-12(16)10-7-14-11-6-4-3-5-9(10)11/h3-6,10,14,17H,7-8H2,1-2H3,(H,15,16). The number of rotatable bonds is 3. The Morgan fingerprint density at radius 3 is 2.94 bits per heavy atom. The lowest BCUT2D eigenvalue weighted by Crippen LogP contribution is -2.40. The predicted octanol–water partition coefficient (Wildman–Crippen LogP) is 1.08. The van der Waals surface area contributed by atoms with Crippen LogP contribution < -0.4 is 10.6 Å². The monoisotopic (exact) mass is 234 g/mol. The van der Waals surface area contributed by atoms with Crippen molar-refractivity contribution < 1.29 is 9.90 Å². The van der Waals surface area contributed by atoms with Crippen molar-refractivity contribution in [3.05, 3.63) is 29.8 Å². The summed E-state index contributed by atoms with van der Waals surface area (Å²) < 4.78 is 0. The third kappa shape index (κ3) is 2.77. The summed E-state index contributed by atoms with van der Waals surface area (Å²) >= 11 is 0. The second-order valence-corrected chi connectivity index (χ2v) is 5.05. The summed E-state index contributed by atoms with van der Waals surface area (Å²) in [7, 11) is 0. The van der Waals surface area contributed by atoms with Crippen molar-refractivity contribution in [3.63, 3.8) is 0 Å². The molecule has 1 amide bonds. The lowest BCUT2D eigenvalue weighted by molar-refractivity contribution is -0.123. The molecule has 0 spiro atoms. The Hall–Kier alpha value is -1.55. The van der Waals surface area contributed by atoms with Gasteiger partial charge in [-0.2, -0.15) is 0 Å². The van der Waals surface area contributed by atoms with E-state index in [2.05, 4.69) is 10.6 Å². The summed E-state index contributed by atoms with van der Waals surface area (Å²) in [6, 6.07) is 7.81. The highest BCUT2D eigenvalue weighted by Crippen LogP contribution is 2.30.